The summed E-state index contributed by atoms with van der Waals surface area (Å²) in [4.78, 5) is 14.9. The van der Waals surface area contributed by atoms with E-state index in [1.165, 1.54) is 13.4 Å². The highest BCUT2D eigenvalue weighted by Crippen LogP contribution is 2.20. The van der Waals surface area contributed by atoms with Crippen LogP contribution in [0, 0.1) is 0 Å². The van der Waals surface area contributed by atoms with Crippen molar-refractivity contribution in [3.63, 3.8) is 0 Å². The van der Waals surface area contributed by atoms with E-state index in [0.717, 1.165) is 11.8 Å². The lowest BCUT2D eigenvalue weighted by Crippen LogP contribution is -2.01. The van der Waals surface area contributed by atoms with Crippen molar-refractivity contribution < 1.29 is 9.53 Å². The number of carbonyl (C=O) groups excluding carboxylic acids is 1. The van der Waals surface area contributed by atoms with E-state index >= 15 is 0 Å². The van der Waals surface area contributed by atoms with Crippen LogP contribution >= 0.6 is 0 Å². The van der Waals surface area contributed by atoms with Crippen LogP contribution in [0.15, 0.2) is 30.2 Å². The van der Waals surface area contributed by atoms with E-state index in [9.17, 15) is 4.79 Å². The molecule has 0 unspecified atom stereocenters. The van der Waals surface area contributed by atoms with Gasteiger partial charge in [0.15, 0.2) is 5.76 Å². The highest BCUT2D eigenvalue weighted by Gasteiger charge is 2.12. The fraction of sp³-hybridized carbons (Fsp3) is 0.182. The maximum Gasteiger partial charge on any atom is 0.152 e. The molecule has 82 valence electrons. The molecule has 0 saturated carbocycles. The number of aromatic nitrogens is 3. The summed E-state index contributed by atoms with van der Waals surface area (Å²) >= 11 is 0. The summed E-state index contributed by atoms with van der Waals surface area (Å²) in [7, 11) is 1.52. The maximum atomic E-state index is 10.8. The molecule has 2 aromatic heterocycles. The predicted octanol–water partition coefficient (Wildman–Crippen LogP) is 1.31. The van der Waals surface area contributed by atoms with Crippen LogP contribution in [0.25, 0.3) is 11.3 Å². The standard InChI is InChI=1S/C11H11N3O2/c1-8(6-15)11(16-2)10-9-4-3-5-14(9)13-7-12-10/h3-7H,1-2H3/b11-8+. The fourth-order valence-electron chi connectivity index (χ4n) is 1.54. The Hall–Kier alpha value is -2.17. The summed E-state index contributed by atoms with van der Waals surface area (Å²) in [5.74, 6) is 0.473. The molecule has 0 aliphatic rings. The zero-order chi connectivity index (χ0) is 11.5. The number of aldehydes is 1. The van der Waals surface area contributed by atoms with Crippen LogP contribution < -0.4 is 0 Å². The summed E-state index contributed by atoms with van der Waals surface area (Å²) in [5.41, 5.74) is 1.93. The average molecular weight is 217 g/mol. The minimum atomic E-state index is 0.473. The Morgan fingerprint density at radius 1 is 1.56 bits per heavy atom. The Bertz CT molecular complexity index is 557. The monoisotopic (exact) mass is 217 g/mol. The van der Waals surface area contributed by atoms with Crippen LogP contribution in [0.4, 0.5) is 0 Å². The first kappa shape index (κ1) is 10.4. The number of fused-ring (bicyclic) bond motifs is 1. The van der Waals surface area contributed by atoms with Crippen molar-refractivity contribution in [1.29, 1.82) is 0 Å². The largest absolute Gasteiger partial charge is 0.494 e. The number of allylic oxidation sites excluding steroid dienone is 1. The molecule has 0 fully saturated rings. The van der Waals surface area contributed by atoms with E-state index in [-0.39, 0.29) is 0 Å². The van der Waals surface area contributed by atoms with Gasteiger partial charge < -0.3 is 4.74 Å². The van der Waals surface area contributed by atoms with E-state index in [1.807, 2.05) is 18.3 Å². The van der Waals surface area contributed by atoms with Crippen LogP contribution in [-0.4, -0.2) is 28.0 Å². The second-order valence-electron chi connectivity index (χ2n) is 3.28. The Morgan fingerprint density at radius 2 is 2.38 bits per heavy atom. The first-order valence-electron chi connectivity index (χ1n) is 4.76. The molecular weight excluding hydrogens is 206 g/mol. The number of nitrogens with zero attached hydrogens (tertiary/aromatic N) is 3. The maximum absolute atomic E-state index is 10.8. The van der Waals surface area contributed by atoms with Gasteiger partial charge in [0.1, 0.15) is 18.3 Å². The summed E-state index contributed by atoms with van der Waals surface area (Å²) in [6, 6.07) is 3.73. The molecule has 0 N–H and O–H groups in total. The molecule has 2 rings (SSSR count). The molecule has 2 heterocycles. The molecule has 0 saturated heterocycles. The Balaban J connectivity index is 2.70. The van der Waals surface area contributed by atoms with Crippen molar-refractivity contribution >= 4 is 17.6 Å². The van der Waals surface area contributed by atoms with Crippen molar-refractivity contribution in [3.8, 4) is 0 Å². The van der Waals surface area contributed by atoms with Gasteiger partial charge in [0, 0.05) is 11.8 Å². The lowest BCUT2D eigenvalue weighted by Gasteiger charge is -2.08. The van der Waals surface area contributed by atoms with Crippen molar-refractivity contribution in [3.05, 3.63) is 35.9 Å². The van der Waals surface area contributed by atoms with Gasteiger partial charge in [0.2, 0.25) is 0 Å². The molecule has 5 nitrogen and oxygen atoms in total. The third-order valence-electron chi connectivity index (χ3n) is 2.29. The van der Waals surface area contributed by atoms with E-state index in [0.29, 0.717) is 17.0 Å². The molecule has 0 amide bonds. The highest BCUT2D eigenvalue weighted by molar-refractivity contribution is 5.87. The topological polar surface area (TPSA) is 56.5 Å². The molecule has 2 aromatic rings. The van der Waals surface area contributed by atoms with Gasteiger partial charge in [-0.15, -0.1) is 0 Å². The van der Waals surface area contributed by atoms with Gasteiger partial charge in [-0.1, -0.05) is 0 Å². The third-order valence-corrected chi connectivity index (χ3v) is 2.29. The number of hydrogen-bond acceptors (Lipinski definition) is 4. The second-order valence-corrected chi connectivity index (χ2v) is 3.28. The number of rotatable bonds is 3. The summed E-state index contributed by atoms with van der Waals surface area (Å²) in [5, 5.41) is 4.04. The van der Waals surface area contributed by atoms with Crippen molar-refractivity contribution in [2.24, 2.45) is 0 Å². The Kier molecular flexibility index (Phi) is 2.68. The van der Waals surface area contributed by atoms with Gasteiger partial charge in [-0.05, 0) is 19.1 Å². The number of hydrogen-bond donors (Lipinski definition) is 0. The van der Waals surface area contributed by atoms with Gasteiger partial charge in [-0.3, -0.25) is 4.79 Å². The third kappa shape index (κ3) is 1.56. The van der Waals surface area contributed by atoms with Gasteiger partial charge >= 0.3 is 0 Å². The SMILES string of the molecule is CO/C(=C(\C)C=O)c1ncnn2cccc12. The van der Waals surface area contributed by atoms with Crippen LogP contribution in [0.1, 0.15) is 12.6 Å². The molecule has 0 aliphatic heterocycles. The van der Waals surface area contributed by atoms with Crippen LogP contribution in [0.5, 0.6) is 0 Å². The van der Waals surface area contributed by atoms with E-state index in [2.05, 4.69) is 10.1 Å². The number of methoxy groups -OCH3 is 1. The van der Waals surface area contributed by atoms with Crippen LogP contribution in [0.3, 0.4) is 0 Å². The van der Waals surface area contributed by atoms with Gasteiger partial charge in [0.05, 0.1) is 12.6 Å². The molecule has 0 radical (unpaired) electrons. The predicted molar refractivity (Wildman–Crippen MR) is 58.7 cm³/mol. The molecule has 0 aliphatic carbocycles. The lowest BCUT2D eigenvalue weighted by atomic mass is 10.2. The molecule has 5 heteroatoms. The lowest BCUT2D eigenvalue weighted by molar-refractivity contribution is -0.104. The molecule has 0 atom stereocenters. The van der Waals surface area contributed by atoms with E-state index in [4.69, 9.17) is 4.74 Å². The molecule has 0 spiro atoms. The second kappa shape index (κ2) is 4.14. The fourth-order valence-corrected chi connectivity index (χ4v) is 1.54. The minimum Gasteiger partial charge on any atom is -0.494 e. The van der Waals surface area contributed by atoms with Crippen molar-refractivity contribution in [2.75, 3.05) is 7.11 Å². The zero-order valence-electron chi connectivity index (χ0n) is 9.04. The van der Waals surface area contributed by atoms with Gasteiger partial charge in [-0.2, -0.15) is 5.10 Å². The summed E-state index contributed by atoms with van der Waals surface area (Å²) in [6.45, 7) is 1.69. The highest BCUT2D eigenvalue weighted by atomic mass is 16.5. The normalized spacial score (nSPS) is 12.4. The molecular formula is C11H11N3O2. The van der Waals surface area contributed by atoms with Crippen molar-refractivity contribution in [1.82, 2.24) is 14.6 Å². The average Bonchev–Trinajstić information content (AvgIpc) is 2.78. The van der Waals surface area contributed by atoms with Crippen molar-refractivity contribution in [2.45, 2.75) is 6.92 Å². The number of ether oxygens (including phenoxy) is 1. The molecule has 0 aromatic carbocycles. The Morgan fingerprint density at radius 3 is 3.06 bits per heavy atom. The zero-order valence-corrected chi connectivity index (χ0v) is 9.04. The first-order chi connectivity index (χ1) is 7.77. The van der Waals surface area contributed by atoms with Gasteiger partial charge in [-0.25, -0.2) is 9.50 Å². The first-order valence-corrected chi connectivity index (χ1v) is 4.76. The van der Waals surface area contributed by atoms with E-state index < -0.39 is 0 Å². The minimum absolute atomic E-state index is 0.473. The summed E-state index contributed by atoms with van der Waals surface area (Å²) < 4.78 is 6.89. The number of carbonyl (C=O) groups is 1. The Labute approximate surface area is 92.4 Å². The van der Waals surface area contributed by atoms with Gasteiger partial charge in [0.25, 0.3) is 0 Å². The smallest absolute Gasteiger partial charge is 0.152 e. The molecule has 16 heavy (non-hydrogen) atoms. The summed E-state index contributed by atoms with van der Waals surface area (Å²) in [6.07, 6.45) is 3.99. The van der Waals surface area contributed by atoms with Crippen LogP contribution in [-0.2, 0) is 9.53 Å². The quantitative estimate of drug-likeness (QED) is 0.442. The van der Waals surface area contributed by atoms with E-state index in [1.54, 1.807) is 11.4 Å². The molecule has 0 bridgehead atoms. The van der Waals surface area contributed by atoms with Crippen LogP contribution in [0.2, 0.25) is 0 Å².